The molecule has 0 bridgehead atoms. The fraction of sp³-hybridized carbons (Fsp3) is 0.273. The van der Waals surface area contributed by atoms with Crippen molar-refractivity contribution in [3.8, 4) is 11.1 Å². The van der Waals surface area contributed by atoms with E-state index in [2.05, 4.69) is 39.7 Å². The molecule has 1 amide bonds. The topological polar surface area (TPSA) is 118 Å². The first kappa shape index (κ1) is 19.3. The molecule has 9 heteroatoms. The van der Waals surface area contributed by atoms with E-state index >= 15 is 0 Å². The summed E-state index contributed by atoms with van der Waals surface area (Å²) >= 11 is 0. The number of ether oxygens (including phenoxy) is 2. The number of nitrogens with one attached hydrogen (secondary N) is 1. The summed E-state index contributed by atoms with van der Waals surface area (Å²) in [7, 11) is 0. The van der Waals surface area contributed by atoms with E-state index < -0.39 is 18.1 Å². The molecule has 2 N–H and O–H groups in total. The summed E-state index contributed by atoms with van der Waals surface area (Å²) in [5.41, 5.74) is 4.47. The predicted molar refractivity (Wildman–Crippen MR) is 109 cm³/mol. The standard InChI is InChI=1S/C22H20N4O5/c27-21(28)20-19(23-25-24-20)18-12-30-10-9-26(18)22(29)31-11-17-15-7-3-1-5-13(15)14-6-2-4-8-16(14)17/h1-8,17-18H,9-12H2,(H,27,28)(H,23,24,25). The lowest BCUT2D eigenvalue weighted by molar-refractivity contribution is -0.0120. The summed E-state index contributed by atoms with van der Waals surface area (Å²) in [5.74, 6) is -1.28. The Kier molecular flexibility index (Phi) is 4.87. The van der Waals surface area contributed by atoms with Gasteiger partial charge in [0.2, 0.25) is 0 Å². The van der Waals surface area contributed by atoms with Crippen LogP contribution in [0, 0.1) is 0 Å². The number of amides is 1. The van der Waals surface area contributed by atoms with Crippen LogP contribution in [0.3, 0.4) is 0 Å². The van der Waals surface area contributed by atoms with Crippen LogP contribution >= 0.6 is 0 Å². The average Bonchev–Trinajstić information content (AvgIpc) is 3.41. The zero-order valence-electron chi connectivity index (χ0n) is 16.5. The van der Waals surface area contributed by atoms with Crippen molar-refractivity contribution in [2.75, 3.05) is 26.4 Å². The van der Waals surface area contributed by atoms with Crippen LogP contribution in [0.15, 0.2) is 48.5 Å². The SMILES string of the molecule is O=C(O)c1n[nH]nc1C1COCCN1C(=O)OCC1c2ccccc2-c2ccccc21. The van der Waals surface area contributed by atoms with Gasteiger partial charge in [-0.2, -0.15) is 10.3 Å². The number of aromatic carboxylic acids is 1. The van der Waals surface area contributed by atoms with Crippen molar-refractivity contribution in [1.82, 2.24) is 20.3 Å². The number of aromatic amines is 1. The third-order valence-electron chi connectivity index (χ3n) is 5.79. The third kappa shape index (κ3) is 3.32. The number of carbonyl (C=O) groups excluding carboxylic acids is 1. The molecule has 0 radical (unpaired) electrons. The minimum atomic E-state index is -1.22. The number of rotatable bonds is 4. The van der Waals surface area contributed by atoms with Gasteiger partial charge >= 0.3 is 12.1 Å². The summed E-state index contributed by atoms with van der Waals surface area (Å²) in [6, 6.07) is 15.5. The number of carbonyl (C=O) groups is 2. The molecule has 0 saturated carbocycles. The van der Waals surface area contributed by atoms with E-state index in [4.69, 9.17) is 9.47 Å². The Hall–Kier alpha value is -3.72. The van der Waals surface area contributed by atoms with Gasteiger partial charge in [0.15, 0.2) is 5.69 Å². The summed E-state index contributed by atoms with van der Waals surface area (Å²) < 4.78 is 11.2. The highest BCUT2D eigenvalue weighted by molar-refractivity contribution is 5.86. The van der Waals surface area contributed by atoms with Crippen LogP contribution in [-0.2, 0) is 9.47 Å². The fourth-order valence-electron chi connectivity index (χ4n) is 4.35. The molecule has 2 aliphatic rings. The highest BCUT2D eigenvalue weighted by atomic mass is 16.6. The fourth-order valence-corrected chi connectivity index (χ4v) is 4.35. The second kappa shape index (κ2) is 7.84. The largest absolute Gasteiger partial charge is 0.476 e. The summed E-state index contributed by atoms with van der Waals surface area (Å²) in [4.78, 5) is 25.9. The average molecular weight is 420 g/mol. The Morgan fingerprint density at radius 2 is 1.77 bits per heavy atom. The van der Waals surface area contributed by atoms with E-state index in [1.807, 2.05) is 24.3 Å². The van der Waals surface area contributed by atoms with Gasteiger partial charge < -0.3 is 14.6 Å². The van der Waals surface area contributed by atoms with Crippen molar-refractivity contribution in [3.63, 3.8) is 0 Å². The van der Waals surface area contributed by atoms with Crippen LogP contribution in [0.1, 0.15) is 39.3 Å². The summed E-state index contributed by atoms with van der Waals surface area (Å²) in [5, 5.41) is 19.3. The molecule has 2 heterocycles. The second-order valence-electron chi connectivity index (χ2n) is 7.45. The van der Waals surface area contributed by atoms with Gasteiger partial charge in [-0.3, -0.25) is 4.90 Å². The molecular weight excluding hydrogens is 400 g/mol. The number of aromatic nitrogens is 3. The van der Waals surface area contributed by atoms with Crippen molar-refractivity contribution in [2.45, 2.75) is 12.0 Å². The van der Waals surface area contributed by atoms with Gasteiger partial charge in [-0.15, -0.1) is 5.10 Å². The van der Waals surface area contributed by atoms with Gasteiger partial charge in [0.05, 0.1) is 13.2 Å². The first-order valence-electron chi connectivity index (χ1n) is 9.98. The number of hydrogen-bond donors (Lipinski definition) is 2. The smallest absolute Gasteiger partial charge is 0.410 e. The second-order valence-corrected chi connectivity index (χ2v) is 7.45. The highest BCUT2D eigenvalue weighted by Gasteiger charge is 2.36. The molecule has 1 fully saturated rings. The Bertz CT molecular complexity index is 1100. The number of fused-ring (bicyclic) bond motifs is 3. The van der Waals surface area contributed by atoms with Crippen molar-refractivity contribution in [1.29, 1.82) is 0 Å². The minimum Gasteiger partial charge on any atom is -0.476 e. The van der Waals surface area contributed by atoms with E-state index in [0.717, 1.165) is 22.3 Å². The summed E-state index contributed by atoms with van der Waals surface area (Å²) in [6.45, 7) is 0.909. The van der Waals surface area contributed by atoms with Crippen LogP contribution in [0.5, 0.6) is 0 Å². The lowest BCUT2D eigenvalue weighted by Crippen LogP contribution is -2.44. The van der Waals surface area contributed by atoms with E-state index in [9.17, 15) is 14.7 Å². The molecular formula is C22H20N4O5. The van der Waals surface area contributed by atoms with Gasteiger partial charge in [0.25, 0.3) is 0 Å². The van der Waals surface area contributed by atoms with Crippen LogP contribution < -0.4 is 0 Å². The normalized spacial score (nSPS) is 17.8. The van der Waals surface area contributed by atoms with Crippen molar-refractivity contribution < 1.29 is 24.2 Å². The molecule has 5 rings (SSSR count). The minimum absolute atomic E-state index is 0.0579. The van der Waals surface area contributed by atoms with E-state index in [-0.39, 0.29) is 37.1 Å². The molecule has 31 heavy (non-hydrogen) atoms. The lowest BCUT2D eigenvalue weighted by atomic mass is 9.98. The van der Waals surface area contributed by atoms with E-state index in [1.54, 1.807) is 0 Å². The van der Waals surface area contributed by atoms with Crippen LogP contribution in [0.2, 0.25) is 0 Å². The Labute approximate surface area is 177 Å². The van der Waals surface area contributed by atoms with Crippen molar-refractivity contribution in [2.24, 2.45) is 0 Å². The number of hydrogen-bond acceptors (Lipinski definition) is 6. The van der Waals surface area contributed by atoms with Crippen molar-refractivity contribution in [3.05, 3.63) is 71.0 Å². The zero-order chi connectivity index (χ0) is 21.4. The Morgan fingerprint density at radius 3 is 2.45 bits per heavy atom. The van der Waals surface area contributed by atoms with Gasteiger partial charge in [-0.05, 0) is 22.3 Å². The zero-order valence-corrected chi connectivity index (χ0v) is 16.5. The van der Waals surface area contributed by atoms with Crippen LogP contribution in [-0.4, -0.2) is 63.8 Å². The van der Waals surface area contributed by atoms with E-state index in [0.29, 0.717) is 6.61 Å². The number of carboxylic acids is 1. The monoisotopic (exact) mass is 420 g/mol. The third-order valence-corrected chi connectivity index (χ3v) is 5.79. The van der Waals surface area contributed by atoms with E-state index in [1.165, 1.54) is 4.90 Å². The number of nitrogens with zero attached hydrogens (tertiary/aromatic N) is 3. The molecule has 1 atom stereocenters. The molecule has 1 aromatic heterocycles. The molecule has 0 spiro atoms. The molecule has 2 aromatic carbocycles. The maximum atomic E-state index is 13.0. The molecule has 1 aliphatic carbocycles. The summed E-state index contributed by atoms with van der Waals surface area (Å²) in [6.07, 6.45) is -0.533. The number of morpholine rings is 1. The van der Waals surface area contributed by atoms with Gasteiger partial charge in [-0.1, -0.05) is 48.5 Å². The van der Waals surface area contributed by atoms with Gasteiger partial charge in [0.1, 0.15) is 18.3 Å². The van der Waals surface area contributed by atoms with Gasteiger partial charge in [0, 0.05) is 12.5 Å². The highest BCUT2D eigenvalue weighted by Crippen LogP contribution is 2.44. The predicted octanol–water partition coefficient (Wildman–Crippen LogP) is 2.83. The maximum Gasteiger partial charge on any atom is 0.410 e. The molecule has 1 unspecified atom stereocenters. The maximum absolute atomic E-state index is 13.0. The van der Waals surface area contributed by atoms with Crippen molar-refractivity contribution >= 4 is 12.1 Å². The molecule has 3 aromatic rings. The number of H-pyrrole nitrogens is 1. The Morgan fingerprint density at radius 1 is 1.10 bits per heavy atom. The lowest BCUT2D eigenvalue weighted by Gasteiger charge is -2.34. The molecule has 158 valence electrons. The quantitative estimate of drug-likeness (QED) is 0.666. The van der Waals surface area contributed by atoms with Crippen LogP contribution in [0.25, 0.3) is 11.1 Å². The Balaban J connectivity index is 1.36. The first-order chi connectivity index (χ1) is 15.1. The van der Waals surface area contributed by atoms with Gasteiger partial charge in [-0.25, -0.2) is 9.59 Å². The van der Waals surface area contributed by atoms with Crippen LogP contribution in [0.4, 0.5) is 4.79 Å². The molecule has 1 saturated heterocycles. The molecule has 1 aliphatic heterocycles. The number of benzene rings is 2. The first-order valence-corrected chi connectivity index (χ1v) is 9.98. The molecule has 9 nitrogen and oxygen atoms in total. The number of carboxylic acid groups (broad SMARTS) is 1.